The summed E-state index contributed by atoms with van der Waals surface area (Å²) in [5.74, 6) is 0. The minimum Gasteiger partial charge on any atom is -0.168 e. The smallest absolute Gasteiger partial charge is 0.0809 e. The van der Waals surface area contributed by atoms with E-state index in [-0.39, 0.29) is 14.9 Å². The average molecular weight is 530 g/mol. The van der Waals surface area contributed by atoms with Crippen LogP contribution in [0.5, 0.6) is 0 Å². The Bertz CT molecular complexity index is 963. The second kappa shape index (κ2) is 14.5. The van der Waals surface area contributed by atoms with Gasteiger partial charge in [0.2, 0.25) is 0 Å². The third kappa shape index (κ3) is 9.98. The molecule has 2 radical (unpaired) electrons. The number of halogens is 3. The van der Waals surface area contributed by atoms with Gasteiger partial charge in [0.05, 0.1) is 0 Å². The molecule has 0 amide bonds. The van der Waals surface area contributed by atoms with Gasteiger partial charge < -0.3 is 14.9 Å². The second-order valence-corrected chi connectivity index (χ2v) is 6.64. The molecule has 0 fully saturated rings. The first-order valence-corrected chi connectivity index (χ1v) is 13.3. The van der Waals surface area contributed by atoms with Gasteiger partial charge in [-0.2, -0.15) is 56.6 Å². The molecule has 4 aromatic carbocycles. The number of hydrogen-bond donors (Lipinski definition) is 1. The summed E-state index contributed by atoms with van der Waals surface area (Å²) >= 11 is 1.36. The second-order valence-electron chi connectivity index (χ2n) is 5.23. The van der Waals surface area contributed by atoms with Crippen molar-refractivity contribution in [2.24, 2.45) is 0 Å². The van der Waals surface area contributed by atoms with Crippen LogP contribution in [0.4, 0.5) is 13.2 Å². The molecule has 0 spiro atoms. The van der Waals surface area contributed by atoms with Crippen molar-refractivity contribution in [2.75, 3.05) is 0 Å². The molecule has 0 saturated heterocycles. The minimum absolute atomic E-state index is 0. The number of fused-ring (bicyclic) bond motifs is 2. The van der Waals surface area contributed by atoms with Crippen LogP contribution in [-0.4, -0.2) is 25.4 Å². The zero-order valence-electron chi connectivity index (χ0n) is 16.4. The van der Waals surface area contributed by atoms with Gasteiger partial charge >= 0.3 is 45.8 Å². The van der Waals surface area contributed by atoms with Gasteiger partial charge in [0.15, 0.2) is 0 Å². The van der Waals surface area contributed by atoms with Crippen LogP contribution in [0.25, 0.3) is 21.5 Å². The maximum absolute atomic E-state index is 10.7. The van der Waals surface area contributed by atoms with E-state index in [1.807, 2.05) is 0 Å². The van der Waals surface area contributed by atoms with Crippen LogP contribution >= 0.6 is 0 Å². The third-order valence-corrected chi connectivity index (χ3v) is 3.97. The number of hydrogen-bond acceptors (Lipinski definition) is 2. The van der Waals surface area contributed by atoms with Crippen LogP contribution in [0.1, 0.15) is 0 Å². The molecule has 1 N–H and O–H groups in total. The van der Waals surface area contributed by atoms with Crippen molar-refractivity contribution in [3.8, 4) is 0 Å². The summed E-state index contributed by atoms with van der Waals surface area (Å²) in [5.41, 5.74) is -5.53. The normalized spacial score (nSPS) is 9.97. The fourth-order valence-corrected chi connectivity index (χ4v) is 2.14. The van der Waals surface area contributed by atoms with Crippen LogP contribution in [0.15, 0.2) is 84.9 Å². The summed E-state index contributed by atoms with van der Waals surface area (Å²) in [4.78, 5) is 0. The maximum atomic E-state index is 10.7. The van der Waals surface area contributed by atoms with Gasteiger partial charge in [-0.05, 0) is 0 Å². The molecule has 9 heteroatoms. The van der Waals surface area contributed by atoms with Crippen LogP contribution < -0.4 is 0 Å². The topological polar surface area (TPSA) is 54.4 Å². The van der Waals surface area contributed by atoms with Crippen molar-refractivity contribution in [3.63, 3.8) is 0 Å². The Morgan fingerprint density at radius 3 is 1.33 bits per heavy atom. The molecular weight excluding hydrogens is 509 g/mol. The van der Waals surface area contributed by atoms with E-state index in [0.717, 1.165) is 0 Å². The summed E-state index contributed by atoms with van der Waals surface area (Å²) in [6, 6.07) is 29.3. The third-order valence-electron chi connectivity index (χ3n) is 3.39. The van der Waals surface area contributed by atoms with E-state index in [9.17, 15) is 13.2 Å². The standard InChI is InChI=1S/2C9H7.CHF3O3S.2CH3.Si.Zr/c2*1-2-5-9-7-3-6-8(9)4-1;2-1(3,4)8(5,6)7;;;;/h2*1-7H;(H,5,6,7);2*1H3;;/q2*-1;;2*-1;;. The maximum Gasteiger partial charge on any atom is -0.0809 e. The van der Waals surface area contributed by atoms with Gasteiger partial charge in [0.25, 0.3) is 0 Å². The van der Waals surface area contributed by atoms with Crippen molar-refractivity contribution in [3.05, 3.63) is 99.8 Å². The molecule has 3 nitrogen and oxygen atoms in total. The summed E-state index contributed by atoms with van der Waals surface area (Å²) < 4.78 is 57.5. The van der Waals surface area contributed by atoms with E-state index in [1.165, 1.54) is 44.9 Å². The number of benzene rings is 2. The first kappa shape index (κ1) is 30.7. The Morgan fingerprint density at radius 2 is 1.07 bits per heavy atom. The molecule has 0 bridgehead atoms. The molecule has 162 valence electrons. The Balaban J connectivity index is 0. The Kier molecular flexibility index (Phi) is 14.8. The zero-order chi connectivity index (χ0) is 21.2. The number of alkyl halides is 3. The van der Waals surface area contributed by atoms with Gasteiger partial charge in [0, 0.05) is 0 Å². The zero-order valence-corrected chi connectivity index (χ0v) is 20.7. The van der Waals surface area contributed by atoms with E-state index in [0.29, 0.717) is 0 Å². The van der Waals surface area contributed by atoms with Crippen molar-refractivity contribution in [1.29, 1.82) is 0 Å². The molecular formula is C21H21F3O3SSiZr-4. The average Bonchev–Trinajstić information content (AvgIpc) is 3.32. The molecule has 4 aromatic rings. The summed E-state index contributed by atoms with van der Waals surface area (Å²) in [7, 11) is -5.84. The molecule has 0 aliphatic rings. The van der Waals surface area contributed by atoms with Crippen molar-refractivity contribution < 1.29 is 49.5 Å². The van der Waals surface area contributed by atoms with Gasteiger partial charge in [-0.3, -0.25) is 4.55 Å². The predicted octanol–water partition coefficient (Wildman–Crippen LogP) is 6.03. The first-order valence-electron chi connectivity index (χ1n) is 7.68. The van der Waals surface area contributed by atoms with Crippen molar-refractivity contribution in [1.82, 2.24) is 0 Å². The van der Waals surface area contributed by atoms with E-state index in [2.05, 4.69) is 91.8 Å². The van der Waals surface area contributed by atoms with E-state index < -0.39 is 15.6 Å². The van der Waals surface area contributed by atoms with Crippen molar-refractivity contribution >= 4 is 38.5 Å². The largest absolute Gasteiger partial charge is 0.168 e. The van der Waals surface area contributed by atoms with Crippen LogP contribution in [0, 0.1) is 14.9 Å². The Hall–Kier alpha value is -1.54. The fraction of sp³-hybridized carbons (Fsp3) is 0.0476. The molecule has 0 aliphatic heterocycles. The number of rotatable bonds is 0. The van der Waals surface area contributed by atoms with E-state index in [1.54, 1.807) is 0 Å². The van der Waals surface area contributed by atoms with Gasteiger partial charge in [0.1, 0.15) is 0 Å². The van der Waals surface area contributed by atoms with Crippen LogP contribution in [-0.2, 0) is 33.5 Å². The summed E-state index contributed by atoms with van der Waals surface area (Å²) in [6.07, 6.45) is 0. The monoisotopic (exact) mass is 528 g/mol. The minimum atomic E-state index is -5.84. The molecule has 0 aliphatic carbocycles. The molecule has 4 rings (SSSR count). The molecule has 0 aromatic heterocycles. The Labute approximate surface area is 192 Å². The van der Waals surface area contributed by atoms with Crippen molar-refractivity contribution in [2.45, 2.75) is 5.51 Å². The molecule has 0 heterocycles. The predicted molar refractivity (Wildman–Crippen MR) is 115 cm³/mol. The van der Waals surface area contributed by atoms with Gasteiger partial charge in [-0.25, -0.2) is 0 Å². The SMILES string of the molecule is O=S(=O)(O)C(F)(F)F.[CH3-].[CH3-].[Si]=[Zr].c1ccc2[cH-]ccc2c1.c1ccc2[cH-]ccc2c1. The quantitative estimate of drug-likeness (QED) is 0.131. The van der Waals surface area contributed by atoms with Crippen LogP contribution in [0.3, 0.4) is 0 Å². The molecule has 0 unspecified atom stereocenters. The molecule has 30 heavy (non-hydrogen) atoms. The van der Waals surface area contributed by atoms with Gasteiger partial charge in [-0.1, -0.05) is 12.1 Å². The molecule has 0 atom stereocenters. The van der Waals surface area contributed by atoms with E-state index >= 15 is 0 Å². The molecule has 0 saturated carbocycles. The fourth-order valence-electron chi connectivity index (χ4n) is 2.14. The summed E-state index contributed by atoms with van der Waals surface area (Å²) in [6.45, 7) is 3.06. The summed E-state index contributed by atoms with van der Waals surface area (Å²) in [5, 5.41) is 5.32. The first-order chi connectivity index (χ1) is 13.2. The van der Waals surface area contributed by atoms with E-state index in [4.69, 9.17) is 13.0 Å². The Morgan fingerprint density at radius 1 is 0.767 bits per heavy atom. The van der Waals surface area contributed by atoms with Crippen LogP contribution in [0.2, 0.25) is 0 Å². The van der Waals surface area contributed by atoms with Gasteiger partial charge in [-0.15, -0.1) is 59.3 Å².